The van der Waals surface area contributed by atoms with Gasteiger partial charge in [-0.2, -0.15) is 0 Å². The molecule has 0 bridgehead atoms. The van der Waals surface area contributed by atoms with E-state index < -0.39 is 0 Å². The second-order valence-electron chi connectivity index (χ2n) is 2.36. The summed E-state index contributed by atoms with van der Waals surface area (Å²) in [7, 11) is 0. The molecule has 62 valence electrons. The topological polar surface area (TPSA) is 17.1 Å². The lowest BCUT2D eigenvalue weighted by atomic mass is 10.2. The molecular formula is C10H9FO. The van der Waals surface area contributed by atoms with Crippen LogP contribution in [0.15, 0.2) is 30.3 Å². The lowest BCUT2D eigenvalue weighted by Crippen LogP contribution is -1.75. The first-order chi connectivity index (χ1) is 5.83. The molecule has 0 atom stereocenters. The number of rotatable bonds is 3. The van der Waals surface area contributed by atoms with Crippen LogP contribution in [0.25, 0.3) is 6.08 Å². The van der Waals surface area contributed by atoms with E-state index in [1.165, 1.54) is 12.1 Å². The van der Waals surface area contributed by atoms with Gasteiger partial charge in [0.05, 0.1) is 0 Å². The average Bonchev–Trinajstić information content (AvgIpc) is 2.05. The first-order valence-corrected chi connectivity index (χ1v) is 3.68. The highest BCUT2D eigenvalue weighted by Crippen LogP contribution is 2.05. The van der Waals surface area contributed by atoms with Gasteiger partial charge in [0.2, 0.25) is 0 Å². The molecule has 0 spiro atoms. The summed E-state index contributed by atoms with van der Waals surface area (Å²) in [6.45, 7) is 0. The van der Waals surface area contributed by atoms with Crippen molar-refractivity contribution in [2.45, 2.75) is 6.42 Å². The van der Waals surface area contributed by atoms with Crippen molar-refractivity contribution >= 4 is 12.4 Å². The maximum Gasteiger partial charge on any atom is 0.123 e. The Hall–Kier alpha value is -1.44. The van der Waals surface area contributed by atoms with Crippen LogP contribution in [0.2, 0.25) is 0 Å². The van der Waals surface area contributed by atoms with Crippen molar-refractivity contribution in [2.75, 3.05) is 0 Å². The first-order valence-electron chi connectivity index (χ1n) is 3.68. The average molecular weight is 164 g/mol. The number of hydrogen-bond donors (Lipinski definition) is 0. The third-order valence-electron chi connectivity index (χ3n) is 1.39. The van der Waals surface area contributed by atoms with Crippen LogP contribution >= 0.6 is 0 Å². The van der Waals surface area contributed by atoms with Crippen molar-refractivity contribution in [3.63, 3.8) is 0 Å². The number of allylic oxidation sites excluding steroid dienone is 1. The van der Waals surface area contributed by atoms with Crippen molar-refractivity contribution in [3.05, 3.63) is 41.7 Å². The zero-order valence-electron chi connectivity index (χ0n) is 6.53. The van der Waals surface area contributed by atoms with Gasteiger partial charge >= 0.3 is 0 Å². The summed E-state index contributed by atoms with van der Waals surface area (Å²) in [6.07, 6.45) is 4.59. The van der Waals surface area contributed by atoms with Gasteiger partial charge in [0.15, 0.2) is 0 Å². The molecule has 0 aromatic heterocycles. The molecule has 0 aliphatic rings. The van der Waals surface area contributed by atoms with Gasteiger partial charge < -0.3 is 4.79 Å². The summed E-state index contributed by atoms with van der Waals surface area (Å²) in [4.78, 5) is 9.94. The van der Waals surface area contributed by atoms with E-state index in [-0.39, 0.29) is 5.82 Å². The summed E-state index contributed by atoms with van der Waals surface area (Å²) in [5, 5.41) is 0. The molecule has 12 heavy (non-hydrogen) atoms. The molecular weight excluding hydrogens is 155 g/mol. The Kier molecular flexibility index (Phi) is 3.20. The molecule has 2 heteroatoms. The van der Waals surface area contributed by atoms with Crippen LogP contribution in [0.5, 0.6) is 0 Å². The standard InChI is InChI=1S/C10H9FO/c11-10-6-3-5-9(8-10)4-1-2-7-12/h1,3-8H,2H2/b4-1-. The summed E-state index contributed by atoms with van der Waals surface area (Å²) in [5.74, 6) is -0.261. The number of benzene rings is 1. The number of halogens is 1. The molecule has 0 radical (unpaired) electrons. The van der Waals surface area contributed by atoms with Crippen LogP contribution in [-0.2, 0) is 4.79 Å². The summed E-state index contributed by atoms with van der Waals surface area (Å²) >= 11 is 0. The van der Waals surface area contributed by atoms with Crippen LogP contribution in [0.4, 0.5) is 4.39 Å². The minimum Gasteiger partial charge on any atom is -0.303 e. The molecule has 0 aliphatic heterocycles. The highest BCUT2D eigenvalue weighted by Gasteiger charge is 1.88. The first kappa shape index (κ1) is 8.65. The number of carbonyl (C=O) groups is 1. The molecule has 0 aliphatic carbocycles. The lowest BCUT2D eigenvalue weighted by molar-refractivity contribution is -0.107. The normalized spacial score (nSPS) is 10.4. The Morgan fingerprint density at radius 1 is 1.42 bits per heavy atom. The summed E-state index contributed by atoms with van der Waals surface area (Å²) in [6, 6.07) is 6.22. The molecule has 0 saturated heterocycles. The fourth-order valence-corrected chi connectivity index (χ4v) is 0.870. The number of hydrogen-bond acceptors (Lipinski definition) is 1. The fraction of sp³-hybridized carbons (Fsp3) is 0.100. The van der Waals surface area contributed by atoms with Crippen molar-refractivity contribution in [2.24, 2.45) is 0 Å². The molecule has 1 aromatic rings. The summed E-state index contributed by atoms with van der Waals surface area (Å²) in [5.41, 5.74) is 0.775. The smallest absolute Gasteiger partial charge is 0.123 e. The van der Waals surface area contributed by atoms with Crippen LogP contribution in [-0.4, -0.2) is 6.29 Å². The van der Waals surface area contributed by atoms with Crippen molar-refractivity contribution in [3.8, 4) is 0 Å². The molecule has 1 nitrogen and oxygen atoms in total. The molecule has 0 amide bonds. The van der Waals surface area contributed by atoms with Gasteiger partial charge in [-0.05, 0) is 17.7 Å². The molecule has 0 fully saturated rings. The van der Waals surface area contributed by atoms with E-state index in [1.54, 1.807) is 24.3 Å². The van der Waals surface area contributed by atoms with Crippen molar-refractivity contribution in [1.82, 2.24) is 0 Å². The van der Waals surface area contributed by atoms with E-state index in [0.717, 1.165) is 11.8 Å². The van der Waals surface area contributed by atoms with E-state index >= 15 is 0 Å². The van der Waals surface area contributed by atoms with Gasteiger partial charge in [-0.25, -0.2) is 4.39 Å². The van der Waals surface area contributed by atoms with E-state index in [4.69, 9.17) is 0 Å². The van der Waals surface area contributed by atoms with Gasteiger partial charge in [0.25, 0.3) is 0 Å². The molecule has 0 N–H and O–H groups in total. The predicted octanol–water partition coefficient (Wildman–Crippen LogP) is 2.43. The predicted molar refractivity (Wildman–Crippen MR) is 46.1 cm³/mol. The maximum atomic E-state index is 12.6. The Bertz CT molecular complexity index is 292. The fourth-order valence-electron chi connectivity index (χ4n) is 0.870. The Morgan fingerprint density at radius 2 is 2.25 bits per heavy atom. The van der Waals surface area contributed by atoms with E-state index in [1.807, 2.05) is 0 Å². The van der Waals surface area contributed by atoms with Gasteiger partial charge in [0.1, 0.15) is 12.1 Å². The maximum absolute atomic E-state index is 12.6. The van der Waals surface area contributed by atoms with E-state index in [0.29, 0.717) is 6.42 Å². The van der Waals surface area contributed by atoms with Gasteiger partial charge in [-0.15, -0.1) is 0 Å². The highest BCUT2D eigenvalue weighted by molar-refractivity contribution is 5.57. The molecule has 1 aromatic carbocycles. The monoisotopic (exact) mass is 164 g/mol. The van der Waals surface area contributed by atoms with Crippen LogP contribution in [0.1, 0.15) is 12.0 Å². The van der Waals surface area contributed by atoms with E-state index in [9.17, 15) is 9.18 Å². The number of carbonyl (C=O) groups excluding carboxylic acids is 1. The molecule has 1 rings (SSSR count). The van der Waals surface area contributed by atoms with Crippen molar-refractivity contribution in [1.29, 1.82) is 0 Å². The number of aldehydes is 1. The van der Waals surface area contributed by atoms with Crippen LogP contribution in [0.3, 0.4) is 0 Å². The second-order valence-corrected chi connectivity index (χ2v) is 2.36. The Labute approximate surface area is 70.5 Å². The summed E-state index contributed by atoms with van der Waals surface area (Å²) < 4.78 is 12.6. The Morgan fingerprint density at radius 3 is 2.92 bits per heavy atom. The van der Waals surface area contributed by atoms with E-state index in [2.05, 4.69) is 0 Å². The molecule has 0 unspecified atom stereocenters. The van der Waals surface area contributed by atoms with Gasteiger partial charge in [-0.3, -0.25) is 0 Å². The largest absolute Gasteiger partial charge is 0.303 e. The molecule has 0 heterocycles. The molecule has 0 saturated carbocycles. The minimum absolute atomic E-state index is 0.261. The minimum atomic E-state index is -0.261. The van der Waals surface area contributed by atoms with Crippen LogP contribution < -0.4 is 0 Å². The zero-order valence-corrected chi connectivity index (χ0v) is 6.53. The third-order valence-corrected chi connectivity index (χ3v) is 1.39. The van der Waals surface area contributed by atoms with Gasteiger partial charge in [-0.1, -0.05) is 24.3 Å². The highest BCUT2D eigenvalue weighted by atomic mass is 19.1. The van der Waals surface area contributed by atoms with Gasteiger partial charge in [0, 0.05) is 6.42 Å². The lowest BCUT2D eigenvalue weighted by Gasteiger charge is -1.91. The quantitative estimate of drug-likeness (QED) is 0.627. The van der Waals surface area contributed by atoms with Crippen LogP contribution in [0, 0.1) is 5.82 Å². The third kappa shape index (κ3) is 2.66. The Balaban J connectivity index is 2.69. The SMILES string of the molecule is O=CC/C=C\c1cccc(F)c1. The van der Waals surface area contributed by atoms with Crippen molar-refractivity contribution < 1.29 is 9.18 Å². The second kappa shape index (κ2) is 4.44. The zero-order chi connectivity index (χ0) is 8.81.